The summed E-state index contributed by atoms with van der Waals surface area (Å²) in [6.45, 7) is -0.346. The molecule has 96 valence electrons. The number of hydrogen-bond acceptors (Lipinski definition) is 6. The van der Waals surface area contributed by atoms with Crippen molar-refractivity contribution in [2.75, 3.05) is 6.61 Å². The van der Waals surface area contributed by atoms with Crippen LogP contribution in [0.3, 0.4) is 0 Å². The van der Waals surface area contributed by atoms with Crippen LogP contribution in [0, 0.1) is 0 Å². The average Bonchev–Trinajstić information content (AvgIpc) is 2.57. The molecule has 17 heavy (non-hydrogen) atoms. The molecule has 0 aromatic carbocycles. The van der Waals surface area contributed by atoms with E-state index in [1.165, 1.54) is 0 Å². The monoisotopic (exact) mass is 245 g/mol. The summed E-state index contributed by atoms with van der Waals surface area (Å²) in [5.74, 6) is 0.0657. The number of carbonyl (C=O) groups excluding carboxylic acids is 1. The fourth-order valence-corrected chi connectivity index (χ4v) is 2.00. The Morgan fingerprint density at radius 2 is 2.24 bits per heavy atom. The van der Waals surface area contributed by atoms with E-state index in [4.69, 9.17) is 15.6 Å². The summed E-state index contributed by atoms with van der Waals surface area (Å²) < 4.78 is 5.27. The molecule has 8 nitrogen and oxygen atoms in total. The third-order valence-corrected chi connectivity index (χ3v) is 2.87. The van der Waals surface area contributed by atoms with E-state index >= 15 is 0 Å². The zero-order chi connectivity index (χ0) is 12.6. The highest BCUT2D eigenvalue weighted by atomic mass is 16.5. The molecule has 2 rings (SSSR count). The molecule has 0 radical (unpaired) electrons. The van der Waals surface area contributed by atoms with Crippen molar-refractivity contribution in [1.82, 2.24) is 4.90 Å². The van der Waals surface area contributed by atoms with Gasteiger partial charge in [0.1, 0.15) is 24.4 Å². The van der Waals surface area contributed by atoms with Gasteiger partial charge in [-0.3, -0.25) is 4.90 Å². The van der Waals surface area contributed by atoms with Crippen LogP contribution in [0.4, 0.5) is 4.79 Å². The number of ether oxygens (including phenoxy) is 1. The summed E-state index contributed by atoms with van der Waals surface area (Å²) in [5.41, 5.74) is 5.37. The molecule has 2 amide bonds. The van der Waals surface area contributed by atoms with Crippen LogP contribution in [0.15, 0.2) is 4.99 Å². The first-order chi connectivity index (χ1) is 8.02. The van der Waals surface area contributed by atoms with E-state index in [1.807, 2.05) is 0 Å². The van der Waals surface area contributed by atoms with E-state index in [1.54, 1.807) is 0 Å². The zero-order valence-electron chi connectivity index (χ0n) is 9.06. The molecule has 4 atom stereocenters. The maximum absolute atomic E-state index is 11.6. The molecule has 0 saturated carbocycles. The number of nitrogens with zero attached hydrogens (tertiary/aromatic N) is 2. The molecule has 0 aliphatic carbocycles. The second kappa shape index (κ2) is 4.57. The fraction of sp³-hybridized carbons (Fsp3) is 0.778. The normalized spacial score (nSPS) is 38.4. The highest BCUT2D eigenvalue weighted by molar-refractivity contribution is 5.95. The maximum Gasteiger partial charge on any atom is 0.349 e. The van der Waals surface area contributed by atoms with Crippen molar-refractivity contribution in [2.24, 2.45) is 10.7 Å². The maximum atomic E-state index is 11.6. The Balaban J connectivity index is 2.11. The number of hydrogen-bond donors (Lipinski definition) is 4. The highest BCUT2D eigenvalue weighted by Gasteiger charge is 2.42. The molecule has 8 heteroatoms. The van der Waals surface area contributed by atoms with E-state index in [0.29, 0.717) is 0 Å². The first kappa shape index (κ1) is 12.2. The predicted molar refractivity (Wildman–Crippen MR) is 55.9 cm³/mol. The first-order valence-electron chi connectivity index (χ1n) is 5.30. The number of rotatable bonds is 2. The third-order valence-electron chi connectivity index (χ3n) is 2.87. The van der Waals surface area contributed by atoms with Gasteiger partial charge in [0.15, 0.2) is 0 Å². The number of amidine groups is 1. The Labute approximate surface area is 97.3 Å². The van der Waals surface area contributed by atoms with Crippen LogP contribution in [0.5, 0.6) is 0 Å². The molecule has 1 fully saturated rings. The van der Waals surface area contributed by atoms with Crippen molar-refractivity contribution >= 4 is 11.9 Å². The van der Waals surface area contributed by atoms with Gasteiger partial charge < -0.3 is 25.8 Å². The van der Waals surface area contributed by atoms with Gasteiger partial charge in [0.2, 0.25) is 0 Å². The number of carbonyl (C=O) groups is 1. The van der Waals surface area contributed by atoms with Gasteiger partial charge in [0.05, 0.1) is 19.1 Å². The topological polar surface area (TPSA) is 129 Å². The lowest BCUT2D eigenvalue weighted by Gasteiger charge is -2.33. The molecule has 0 aromatic heterocycles. The summed E-state index contributed by atoms with van der Waals surface area (Å²) in [6, 6.07) is -0.697. The molecular formula is C9H15N3O5. The van der Waals surface area contributed by atoms with Crippen molar-refractivity contribution in [2.45, 2.75) is 37.5 Å². The molecule has 1 saturated heterocycles. The van der Waals surface area contributed by atoms with Gasteiger partial charge in [-0.15, -0.1) is 0 Å². The first-order valence-corrected chi connectivity index (χ1v) is 5.30. The van der Waals surface area contributed by atoms with E-state index < -0.39 is 30.7 Å². The molecule has 0 spiro atoms. The Kier molecular flexibility index (Phi) is 3.29. The number of aliphatic hydroxyl groups is 3. The van der Waals surface area contributed by atoms with Crippen LogP contribution in [0.1, 0.15) is 12.8 Å². The summed E-state index contributed by atoms with van der Waals surface area (Å²) in [6.07, 6.45) is -3.35. The number of amides is 2. The third kappa shape index (κ3) is 2.25. The Morgan fingerprint density at radius 1 is 1.53 bits per heavy atom. The number of aliphatic imine (C=N–C) groups is 1. The Hall–Kier alpha value is -1.22. The number of nitrogens with two attached hydrogens (primary N) is 1. The van der Waals surface area contributed by atoms with E-state index in [2.05, 4.69) is 4.99 Å². The van der Waals surface area contributed by atoms with Gasteiger partial charge in [0, 0.05) is 6.42 Å². The predicted octanol–water partition coefficient (Wildman–Crippen LogP) is -2.04. The highest BCUT2D eigenvalue weighted by Crippen LogP contribution is 2.26. The van der Waals surface area contributed by atoms with Gasteiger partial charge in [-0.2, -0.15) is 4.99 Å². The fourth-order valence-electron chi connectivity index (χ4n) is 2.00. The van der Waals surface area contributed by atoms with Crippen LogP contribution < -0.4 is 5.73 Å². The molecule has 2 aliphatic rings. The molecule has 0 aromatic rings. The Bertz CT molecular complexity index is 348. The van der Waals surface area contributed by atoms with Crippen molar-refractivity contribution in [3.05, 3.63) is 0 Å². The van der Waals surface area contributed by atoms with Gasteiger partial charge in [-0.25, -0.2) is 4.79 Å². The minimum Gasteiger partial charge on any atom is -0.394 e. The lowest BCUT2D eigenvalue weighted by atomic mass is 10.1. The smallest absolute Gasteiger partial charge is 0.349 e. The Morgan fingerprint density at radius 3 is 2.76 bits per heavy atom. The lowest BCUT2D eigenvalue weighted by Crippen LogP contribution is -2.51. The minimum absolute atomic E-state index is 0.0471. The quantitative estimate of drug-likeness (QED) is 0.443. The molecule has 0 bridgehead atoms. The molecule has 2 heterocycles. The van der Waals surface area contributed by atoms with Crippen molar-refractivity contribution < 1.29 is 24.9 Å². The van der Waals surface area contributed by atoms with Crippen molar-refractivity contribution in [1.29, 1.82) is 0 Å². The minimum atomic E-state index is -1.12. The average molecular weight is 245 g/mol. The largest absolute Gasteiger partial charge is 0.394 e. The summed E-state index contributed by atoms with van der Waals surface area (Å²) in [7, 11) is 0. The summed E-state index contributed by atoms with van der Waals surface area (Å²) in [5, 5.41) is 28.2. The van der Waals surface area contributed by atoms with Crippen LogP contribution >= 0.6 is 0 Å². The van der Waals surface area contributed by atoms with Crippen molar-refractivity contribution in [3.63, 3.8) is 0 Å². The van der Waals surface area contributed by atoms with Crippen LogP contribution in [0.2, 0.25) is 0 Å². The lowest BCUT2D eigenvalue weighted by molar-refractivity contribution is -0.108. The van der Waals surface area contributed by atoms with Crippen LogP contribution in [-0.2, 0) is 4.74 Å². The van der Waals surface area contributed by atoms with Gasteiger partial charge in [0.25, 0.3) is 0 Å². The van der Waals surface area contributed by atoms with E-state index in [-0.39, 0.29) is 25.3 Å². The van der Waals surface area contributed by atoms with Crippen LogP contribution in [0.25, 0.3) is 0 Å². The van der Waals surface area contributed by atoms with E-state index in [9.17, 15) is 15.0 Å². The standard InChI is InChI=1S/C9H15N3O5/c10-6-2-7(15)12(9(16)11-6)8-1-4(14)5(3-13)17-8/h4-5,7-8,13-15H,1-3H2,(H2,10,11,16). The zero-order valence-corrected chi connectivity index (χ0v) is 9.06. The summed E-state index contributed by atoms with van der Waals surface area (Å²) >= 11 is 0. The van der Waals surface area contributed by atoms with Gasteiger partial charge in [-0.05, 0) is 0 Å². The van der Waals surface area contributed by atoms with Crippen LogP contribution in [-0.4, -0.2) is 63.4 Å². The van der Waals surface area contributed by atoms with Gasteiger partial charge >= 0.3 is 6.03 Å². The molecular weight excluding hydrogens is 230 g/mol. The molecule has 4 unspecified atom stereocenters. The number of aliphatic hydroxyl groups excluding tert-OH is 3. The van der Waals surface area contributed by atoms with E-state index in [0.717, 1.165) is 4.90 Å². The summed E-state index contributed by atoms with van der Waals surface area (Å²) in [4.78, 5) is 16.1. The second-order valence-electron chi connectivity index (χ2n) is 4.09. The number of urea groups is 1. The van der Waals surface area contributed by atoms with Crippen molar-refractivity contribution in [3.8, 4) is 0 Å². The molecule has 2 aliphatic heterocycles. The molecule has 5 N–H and O–H groups in total. The van der Waals surface area contributed by atoms with Gasteiger partial charge in [-0.1, -0.05) is 0 Å². The second-order valence-corrected chi connectivity index (χ2v) is 4.09. The SMILES string of the molecule is NC1=NC(=O)N(C2CC(O)C(CO)O2)C(O)C1.